The summed E-state index contributed by atoms with van der Waals surface area (Å²) in [6.07, 6.45) is 3.78. The first kappa shape index (κ1) is 31.4. The van der Waals surface area contributed by atoms with Crippen LogP contribution >= 0.6 is 12.4 Å². The summed E-state index contributed by atoms with van der Waals surface area (Å²) < 4.78 is 27.4. The van der Waals surface area contributed by atoms with Gasteiger partial charge in [0.25, 0.3) is 5.91 Å². The third-order valence-electron chi connectivity index (χ3n) is 10.2. The van der Waals surface area contributed by atoms with Crippen molar-refractivity contribution in [3.63, 3.8) is 0 Å². The molecule has 1 aliphatic carbocycles. The standard InChI is InChI=1S/C33H40F2N4O3.ClH/c1-37-31(42)39(22-23-8-4-2-5-9-23)30(41)32(37)20-26-12-13-27(21-32)38(26)19-16-28(24-10-6-3-7-11-24)36-29(40)25-14-17-33(34,35)18-15-25;/h2-11,25-28H,12-22H2,1H3,(H,36,40);1H/t26?,27?,28-,32?;/m0./s1. The molecule has 3 aliphatic heterocycles. The van der Waals surface area contributed by atoms with E-state index in [0.717, 1.165) is 30.5 Å². The molecule has 1 N–H and O–H groups in total. The Bertz CT molecular complexity index is 1290. The number of fused-ring (bicyclic) bond motifs is 2. The highest BCUT2D eigenvalue weighted by Crippen LogP contribution is 2.47. The first-order valence-electron chi connectivity index (χ1n) is 15.3. The molecule has 3 heterocycles. The second-order valence-electron chi connectivity index (χ2n) is 12.7. The number of alkyl halides is 2. The molecule has 1 spiro atoms. The highest BCUT2D eigenvalue weighted by Gasteiger charge is 2.61. The highest BCUT2D eigenvalue weighted by molar-refractivity contribution is 6.07. The second-order valence-corrected chi connectivity index (χ2v) is 12.7. The van der Waals surface area contributed by atoms with Crippen LogP contribution in [0.2, 0.25) is 0 Å². The topological polar surface area (TPSA) is 73.0 Å². The zero-order valence-electron chi connectivity index (χ0n) is 24.6. The molecule has 43 heavy (non-hydrogen) atoms. The fourth-order valence-corrected chi connectivity index (χ4v) is 7.76. The average Bonchev–Trinajstić information content (AvgIpc) is 3.32. The SMILES string of the molecule is CN1C(=O)N(Cc2ccccc2)C(=O)C12CC1CCC(C2)N1CC[C@H](NC(=O)C1CCC(F)(F)CC1)c1ccccc1.Cl. The van der Waals surface area contributed by atoms with Crippen LogP contribution < -0.4 is 5.32 Å². The van der Waals surface area contributed by atoms with E-state index in [0.29, 0.717) is 19.3 Å². The van der Waals surface area contributed by atoms with Crippen molar-refractivity contribution in [3.05, 3.63) is 71.8 Å². The molecule has 0 radical (unpaired) electrons. The van der Waals surface area contributed by atoms with Gasteiger partial charge in [-0.15, -0.1) is 12.4 Å². The molecule has 2 aromatic rings. The molecular weight excluding hydrogens is 574 g/mol. The number of hydrogen-bond acceptors (Lipinski definition) is 4. The van der Waals surface area contributed by atoms with Gasteiger partial charge in [0, 0.05) is 44.4 Å². The summed E-state index contributed by atoms with van der Waals surface area (Å²) in [5, 5.41) is 3.19. The van der Waals surface area contributed by atoms with Crippen LogP contribution in [-0.4, -0.2) is 69.7 Å². The summed E-state index contributed by atoms with van der Waals surface area (Å²) in [6.45, 7) is 1.02. The van der Waals surface area contributed by atoms with Crippen molar-refractivity contribution in [2.24, 2.45) is 5.92 Å². The van der Waals surface area contributed by atoms with Crippen molar-refractivity contribution in [1.82, 2.24) is 20.0 Å². The highest BCUT2D eigenvalue weighted by atomic mass is 35.5. The summed E-state index contributed by atoms with van der Waals surface area (Å²) in [4.78, 5) is 45.9. The fourth-order valence-electron chi connectivity index (χ4n) is 7.76. The lowest BCUT2D eigenvalue weighted by Crippen LogP contribution is -2.59. The molecule has 4 amide bonds. The van der Waals surface area contributed by atoms with Crippen LogP contribution in [0.15, 0.2) is 60.7 Å². The van der Waals surface area contributed by atoms with Gasteiger partial charge >= 0.3 is 6.03 Å². The number of nitrogens with one attached hydrogen (secondary N) is 1. The summed E-state index contributed by atoms with van der Waals surface area (Å²) in [5.41, 5.74) is 1.12. The maximum absolute atomic E-state index is 13.8. The Morgan fingerprint density at radius 1 is 0.930 bits per heavy atom. The van der Waals surface area contributed by atoms with Gasteiger partial charge in [0.15, 0.2) is 0 Å². The van der Waals surface area contributed by atoms with Crippen molar-refractivity contribution in [2.45, 2.75) is 93.9 Å². The number of urea groups is 1. The summed E-state index contributed by atoms with van der Waals surface area (Å²) in [6, 6.07) is 19.3. The van der Waals surface area contributed by atoms with E-state index in [1.807, 2.05) is 60.7 Å². The van der Waals surface area contributed by atoms with Crippen molar-refractivity contribution in [3.8, 4) is 0 Å². The molecule has 7 nitrogen and oxygen atoms in total. The average molecular weight is 615 g/mol. The van der Waals surface area contributed by atoms with Gasteiger partial charge in [-0.25, -0.2) is 13.6 Å². The van der Waals surface area contributed by atoms with E-state index in [2.05, 4.69) is 10.2 Å². The molecule has 0 aromatic heterocycles. The van der Waals surface area contributed by atoms with Gasteiger partial charge in [-0.3, -0.25) is 19.4 Å². The molecule has 3 atom stereocenters. The number of imide groups is 1. The molecule has 4 aliphatic rings. The Morgan fingerprint density at radius 2 is 1.51 bits per heavy atom. The molecule has 2 unspecified atom stereocenters. The number of benzene rings is 2. The summed E-state index contributed by atoms with van der Waals surface area (Å²) >= 11 is 0. The van der Waals surface area contributed by atoms with E-state index >= 15 is 0 Å². The lowest BCUT2D eigenvalue weighted by Gasteiger charge is -2.46. The van der Waals surface area contributed by atoms with Crippen molar-refractivity contribution in [2.75, 3.05) is 13.6 Å². The van der Waals surface area contributed by atoms with Gasteiger partial charge in [-0.2, -0.15) is 0 Å². The molecule has 232 valence electrons. The number of amides is 4. The minimum absolute atomic E-state index is 0. The smallest absolute Gasteiger partial charge is 0.327 e. The first-order valence-corrected chi connectivity index (χ1v) is 15.3. The predicted octanol–water partition coefficient (Wildman–Crippen LogP) is 5.94. The Labute approximate surface area is 258 Å². The maximum Gasteiger partial charge on any atom is 0.327 e. The Kier molecular flexibility index (Phi) is 9.14. The van der Waals surface area contributed by atoms with E-state index in [1.165, 1.54) is 4.90 Å². The molecule has 2 bridgehead atoms. The Hall–Kier alpha value is -3.04. The van der Waals surface area contributed by atoms with E-state index < -0.39 is 11.5 Å². The van der Waals surface area contributed by atoms with Crippen molar-refractivity contribution >= 4 is 30.3 Å². The van der Waals surface area contributed by atoms with Gasteiger partial charge in [0.05, 0.1) is 12.6 Å². The molecule has 6 rings (SSSR count). The van der Waals surface area contributed by atoms with Crippen LogP contribution in [0.5, 0.6) is 0 Å². The largest absolute Gasteiger partial charge is 0.349 e. The van der Waals surface area contributed by atoms with E-state index in [4.69, 9.17) is 0 Å². The normalized spacial score (nSPS) is 27.8. The van der Waals surface area contributed by atoms with Gasteiger partial charge in [0.1, 0.15) is 5.54 Å². The van der Waals surface area contributed by atoms with E-state index in [1.54, 1.807) is 11.9 Å². The number of piperidine rings is 1. The zero-order valence-corrected chi connectivity index (χ0v) is 25.4. The molecule has 4 fully saturated rings. The first-order chi connectivity index (χ1) is 20.2. The van der Waals surface area contributed by atoms with Crippen LogP contribution in [0.25, 0.3) is 0 Å². The number of hydrogen-bond donors (Lipinski definition) is 1. The molecular formula is C33H41ClF2N4O3. The molecule has 1 saturated carbocycles. The van der Waals surface area contributed by atoms with Crippen LogP contribution in [-0.2, 0) is 16.1 Å². The number of rotatable bonds is 8. The van der Waals surface area contributed by atoms with Crippen molar-refractivity contribution in [1.29, 1.82) is 0 Å². The Morgan fingerprint density at radius 3 is 2.12 bits per heavy atom. The lowest BCUT2D eigenvalue weighted by molar-refractivity contribution is -0.137. The third kappa shape index (κ3) is 6.16. The maximum atomic E-state index is 13.8. The van der Waals surface area contributed by atoms with Gasteiger partial charge in [0.2, 0.25) is 11.8 Å². The van der Waals surface area contributed by atoms with Crippen molar-refractivity contribution < 1.29 is 23.2 Å². The van der Waals surface area contributed by atoms with Crippen LogP contribution in [0.1, 0.15) is 75.0 Å². The molecule has 2 aromatic carbocycles. The quantitative estimate of drug-likeness (QED) is 0.374. The monoisotopic (exact) mass is 614 g/mol. The van der Waals surface area contributed by atoms with Gasteiger partial charge in [-0.05, 0) is 56.1 Å². The second kappa shape index (κ2) is 12.5. The summed E-state index contributed by atoms with van der Waals surface area (Å²) in [7, 11) is 1.77. The minimum Gasteiger partial charge on any atom is -0.349 e. The number of carbonyl (C=O) groups is 3. The third-order valence-corrected chi connectivity index (χ3v) is 10.2. The molecule has 10 heteroatoms. The number of halogens is 3. The summed E-state index contributed by atoms with van der Waals surface area (Å²) in [5.74, 6) is -3.29. The predicted molar refractivity (Wildman–Crippen MR) is 162 cm³/mol. The fraction of sp³-hybridized carbons (Fsp3) is 0.545. The van der Waals surface area contributed by atoms with E-state index in [-0.39, 0.29) is 86.5 Å². The van der Waals surface area contributed by atoms with Crippen LogP contribution in [0, 0.1) is 5.92 Å². The number of likely N-dealkylation sites (N-methyl/N-ethyl adjacent to an activating group) is 1. The number of carbonyl (C=O) groups excluding carboxylic acids is 3. The van der Waals surface area contributed by atoms with Gasteiger partial charge in [-0.1, -0.05) is 60.7 Å². The van der Waals surface area contributed by atoms with Crippen LogP contribution in [0.3, 0.4) is 0 Å². The van der Waals surface area contributed by atoms with Gasteiger partial charge < -0.3 is 10.2 Å². The van der Waals surface area contributed by atoms with E-state index in [9.17, 15) is 23.2 Å². The molecule has 3 saturated heterocycles. The number of nitrogens with zero attached hydrogens (tertiary/aromatic N) is 3. The minimum atomic E-state index is -2.67. The zero-order chi connectivity index (χ0) is 29.5. The van der Waals surface area contributed by atoms with Crippen LogP contribution in [0.4, 0.5) is 13.6 Å². The lowest BCUT2D eigenvalue weighted by atomic mass is 9.81. The Balaban J connectivity index is 0.00000368.